The van der Waals surface area contributed by atoms with Gasteiger partial charge in [-0.2, -0.15) is 9.89 Å². The summed E-state index contributed by atoms with van der Waals surface area (Å²) in [7, 11) is 0. The molecule has 1 atom stereocenters. The maximum absolute atomic E-state index is 5.61. The van der Waals surface area contributed by atoms with E-state index in [1.807, 2.05) is 6.20 Å². The quantitative estimate of drug-likeness (QED) is 0.561. The first kappa shape index (κ1) is 7.61. The maximum Gasteiger partial charge on any atom is 0.0677 e. The van der Waals surface area contributed by atoms with Crippen LogP contribution < -0.4 is 11.6 Å². The van der Waals surface area contributed by atoms with Crippen LogP contribution in [0.2, 0.25) is 0 Å². The molecule has 0 aliphatic heterocycles. The van der Waals surface area contributed by atoms with Gasteiger partial charge in [0.25, 0.3) is 0 Å². The van der Waals surface area contributed by atoms with E-state index in [0.717, 1.165) is 31.5 Å². The molecule has 1 aromatic heterocycles. The minimum absolute atomic E-state index is 0.627. The van der Waals surface area contributed by atoms with Crippen molar-refractivity contribution in [3.05, 3.63) is 17.5 Å². The summed E-state index contributed by atoms with van der Waals surface area (Å²) in [4.78, 5) is 1.41. The van der Waals surface area contributed by atoms with Crippen molar-refractivity contribution >= 4 is 0 Å². The normalized spacial score (nSPS) is 22.2. The Morgan fingerprint density at radius 3 is 3.25 bits per heavy atom. The Hall–Kier alpha value is -1.03. The van der Waals surface area contributed by atoms with Crippen LogP contribution in [-0.2, 0) is 12.8 Å². The third kappa shape index (κ3) is 1.18. The molecule has 0 aromatic carbocycles. The summed E-state index contributed by atoms with van der Waals surface area (Å²) in [6.07, 6.45) is 5.13. The molecule has 0 bridgehead atoms. The van der Waals surface area contributed by atoms with Gasteiger partial charge in [-0.05, 0) is 37.3 Å². The van der Waals surface area contributed by atoms with Gasteiger partial charge in [-0.25, -0.2) is 0 Å². The monoisotopic (exact) mass is 166 g/mol. The van der Waals surface area contributed by atoms with E-state index in [-0.39, 0.29) is 0 Å². The van der Waals surface area contributed by atoms with Gasteiger partial charge >= 0.3 is 0 Å². The summed E-state index contributed by atoms with van der Waals surface area (Å²) in [6.45, 7) is 0.773. The summed E-state index contributed by atoms with van der Waals surface area (Å²) in [5, 5.41) is 4.17. The lowest BCUT2D eigenvalue weighted by Gasteiger charge is -2.18. The van der Waals surface area contributed by atoms with Crippen molar-refractivity contribution in [3.63, 3.8) is 0 Å². The SMILES string of the molecule is NCC1CCc2nn(N)cc2C1. The molecule has 0 saturated carbocycles. The Morgan fingerprint density at radius 1 is 1.67 bits per heavy atom. The molecule has 0 spiro atoms. The molecular weight excluding hydrogens is 152 g/mol. The molecule has 4 heteroatoms. The van der Waals surface area contributed by atoms with E-state index in [1.165, 1.54) is 10.4 Å². The van der Waals surface area contributed by atoms with Gasteiger partial charge < -0.3 is 11.6 Å². The molecular formula is C8H14N4. The van der Waals surface area contributed by atoms with Gasteiger partial charge in [0.05, 0.1) is 11.9 Å². The lowest BCUT2D eigenvalue weighted by molar-refractivity contribution is 0.466. The third-order valence-corrected chi connectivity index (χ3v) is 2.53. The van der Waals surface area contributed by atoms with Crippen LogP contribution in [0.1, 0.15) is 17.7 Å². The van der Waals surface area contributed by atoms with Crippen LogP contribution >= 0.6 is 0 Å². The smallest absolute Gasteiger partial charge is 0.0677 e. The van der Waals surface area contributed by atoms with E-state index in [0.29, 0.717) is 5.92 Å². The van der Waals surface area contributed by atoms with Crippen LogP contribution in [0.5, 0.6) is 0 Å². The molecule has 0 fully saturated rings. The second-order valence-electron chi connectivity index (χ2n) is 3.43. The number of aromatic nitrogens is 2. The average molecular weight is 166 g/mol. The minimum atomic E-state index is 0.627. The Morgan fingerprint density at radius 2 is 2.50 bits per heavy atom. The van der Waals surface area contributed by atoms with Gasteiger partial charge in [0.1, 0.15) is 0 Å². The standard InChI is InChI=1S/C8H14N4/c9-4-6-1-2-8-7(3-6)5-12(10)11-8/h5-6H,1-4,9-10H2. The topological polar surface area (TPSA) is 69.9 Å². The Bertz CT molecular complexity index is 279. The van der Waals surface area contributed by atoms with E-state index < -0.39 is 0 Å². The number of nitrogens with two attached hydrogens (primary N) is 2. The number of hydrogen-bond donors (Lipinski definition) is 2. The maximum atomic E-state index is 5.61. The summed E-state index contributed by atoms with van der Waals surface area (Å²) in [5.41, 5.74) is 8.04. The predicted molar refractivity (Wildman–Crippen MR) is 46.9 cm³/mol. The average Bonchev–Trinajstić information content (AvgIpc) is 2.43. The molecule has 1 aliphatic carbocycles. The van der Waals surface area contributed by atoms with Crippen LogP contribution in [0.15, 0.2) is 6.20 Å². The number of hydrogen-bond acceptors (Lipinski definition) is 3. The summed E-state index contributed by atoms with van der Waals surface area (Å²) in [6, 6.07) is 0. The molecule has 1 unspecified atom stereocenters. The van der Waals surface area contributed by atoms with Crippen LogP contribution in [0.3, 0.4) is 0 Å². The van der Waals surface area contributed by atoms with E-state index in [4.69, 9.17) is 11.6 Å². The second-order valence-corrected chi connectivity index (χ2v) is 3.43. The molecule has 0 saturated heterocycles. The number of nitrogen functional groups attached to an aromatic ring is 1. The lowest BCUT2D eigenvalue weighted by Crippen LogP contribution is -2.21. The van der Waals surface area contributed by atoms with E-state index in [2.05, 4.69) is 5.10 Å². The van der Waals surface area contributed by atoms with Crippen molar-refractivity contribution < 1.29 is 0 Å². The highest BCUT2D eigenvalue weighted by Crippen LogP contribution is 2.22. The molecule has 0 amide bonds. The van der Waals surface area contributed by atoms with E-state index >= 15 is 0 Å². The molecule has 1 aliphatic rings. The van der Waals surface area contributed by atoms with Crippen molar-refractivity contribution in [2.45, 2.75) is 19.3 Å². The van der Waals surface area contributed by atoms with Crippen molar-refractivity contribution in [2.24, 2.45) is 11.7 Å². The fourth-order valence-corrected chi connectivity index (χ4v) is 1.80. The fraction of sp³-hybridized carbons (Fsp3) is 0.625. The van der Waals surface area contributed by atoms with Gasteiger partial charge in [-0.1, -0.05) is 0 Å². The second kappa shape index (κ2) is 2.79. The molecule has 1 aromatic rings. The third-order valence-electron chi connectivity index (χ3n) is 2.53. The van der Waals surface area contributed by atoms with Crippen LogP contribution in [-0.4, -0.2) is 16.4 Å². The first-order chi connectivity index (χ1) is 5.79. The minimum Gasteiger partial charge on any atom is -0.330 e. The zero-order valence-electron chi connectivity index (χ0n) is 7.03. The van der Waals surface area contributed by atoms with Crippen molar-refractivity contribution in [1.29, 1.82) is 0 Å². The Labute approximate surface area is 71.5 Å². The number of aryl methyl sites for hydroxylation is 1. The molecule has 2 rings (SSSR count). The summed E-state index contributed by atoms with van der Waals surface area (Å²) >= 11 is 0. The number of fused-ring (bicyclic) bond motifs is 1. The highest BCUT2D eigenvalue weighted by molar-refractivity contribution is 5.20. The summed E-state index contributed by atoms with van der Waals surface area (Å²) in [5.74, 6) is 6.15. The van der Waals surface area contributed by atoms with Crippen molar-refractivity contribution in [2.75, 3.05) is 12.4 Å². The van der Waals surface area contributed by atoms with Gasteiger partial charge in [0.2, 0.25) is 0 Å². The largest absolute Gasteiger partial charge is 0.330 e. The molecule has 4 nitrogen and oxygen atoms in total. The van der Waals surface area contributed by atoms with Gasteiger partial charge in [0.15, 0.2) is 0 Å². The highest BCUT2D eigenvalue weighted by Gasteiger charge is 2.19. The van der Waals surface area contributed by atoms with Gasteiger partial charge in [0, 0.05) is 0 Å². The first-order valence-electron chi connectivity index (χ1n) is 4.32. The lowest BCUT2D eigenvalue weighted by atomic mass is 9.88. The molecule has 12 heavy (non-hydrogen) atoms. The Balaban J connectivity index is 2.22. The molecule has 66 valence electrons. The van der Waals surface area contributed by atoms with E-state index in [9.17, 15) is 0 Å². The summed E-state index contributed by atoms with van der Waals surface area (Å²) < 4.78 is 0. The van der Waals surface area contributed by atoms with Crippen LogP contribution in [0.25, 0.3) is 0 Å². The Kier molecular flexibility index (Phi) is 1.77. The molecule has 1 heterocycles. The fourth-order valence-electron chi connectivity index (χ4n) is 1.80. The van der Waals surface area contributed by atoms with Crippen molar-refractivity contribution in [1.82, 2.24) is 9.89 Å². The number of nitrogens with zero attached hydrogens (tertiary/aromatic N) is 2. The zero-order valence-corrected chi connectivity index (χ0v) is 7.03. The number of rotatable bonds is 1. The van der Waals surface area contributed by atoms with Gasteiger partial charge in [-0.3, -0.25) is 0 Å². The van der Waals surface area contributed by atoms with Crippen molar-refractivity contribution in [3.8, 4) is 0 Å². The van der Waals surface area contributed by atoms with E-state index in [1.54, 1.807) is 0 Å². The zero-order chi connectivity index (χ0) is 8.55. The molecule has 4 N–H and O–H groups in total. The predicted octanol–water partition coefficient (Wildman–Crippen LogP) is -0.340. The first-order valence-corrected chi connectivity index (χ1v) is 4.32. The van der Waals surface area contributed by atoms with Gasteiger partial charge in [-0.15, -0.1) is 0 Å². The molecule has 0 radical (unpaired) electrons. The van der Waals surface area contributed by atoms with Crippen LogP contribution in [0, 0.1) is 5.92 Å². The van der Waals surface area contributed by atoms with Crippen LogP contribution in [0.4, 0.5) is 0 Å². The highest BCUT2D eigenvalue weighted by atomic mass is 15.5.